The van der Waals surface area contributed by atoms with Gasteiger partial charge in [0.25, 0.3) is 0 Å². The highest BCUT2D eigenvalue weighted by Gasteiger charge is 2.22. The lowest BCUT2D eigenvalue weighted by Gasteiger charge is -2.16. The molecular weight excluding hydrogens is 199 g/mol. The van der Waals surface area contributed by atoms with Gasteiger partial charge in [-0.25, -0.2) is 0 Å². The molecule has 12 heavy (non-hydrogen) atoms. The summed E-state index contributed by atoms with van der Waals surface area (Å²) in [5, 5.41) is 8.25. The summed E-state index contributed by atoms with van der Waals surface area (Å²) < 4.78 is 0. The molecule has 72 valence electrons. The standard InChI is InChI=1S/C8H14Cl2O2/c1-6(12)7(3-2-4-11)8(10)5-9/h7-8,11H,2-5H2,1H3. The highest BCUT2D eigenvalue weighted by molar-refractivity contribution is 6.29. The Morgan fingerprint density at radius 2 is 2.17 bits per heavy atom. The van der Waals surface area contributed by atoms with Gasteiger partial charge >= 0.3 is 0 Å². The molecule has 0 rings (SSSR count). The number of carbonyl (C=O) groups is 1. The van der Waals surface area contributed by atoms with Crippen LogP contribution in [0, 0.1) is 5.92 Å². The minimum absolute atomic E-state index is 0.0455. The van der Waals surface area contributed by atoms with Crippen molar-refractivity contribution < 1.29 is 9.90 Å². The van der Waals surface area contributed by atoms with Crippen molar-refractivity contribution in [2.24, 2.45) is 5.92 Å². The third-order valence-corrected chi connectivity index (χ3v) is 2.73. The number of hydrogen-bond donors (Lipinski definition) is 1. The van der Waals surface area contributed by atoms with Crippen LogP contribution in [0.4, 0.5) is 0 Å². The molecule has 0 aromatic rings. The molecule has 0 saturated carbocycles. The van der Waals surface area contributed by atoms with Crippen molar-refractivity contribution in [3.63, 3.8) is 0 Å². The predicted octanol–water partition coefficient (Wildman–Crippen LogP) is 1.81. The van der Waals surface area contributed by atoms with Crippen LogP contribution in [-0.2, 0) is 4.79 Å². The molecule has 0 aliphatic rings. The quantitative estimate of drug-likeness (QED) is 0.683. The minimum atomic E-state index is -0.310. The summed E-state index contributed by atoms with van der Waals surface area (Å²) in [6.07, 6.45) is 1.22. The third-order valence-electron chi connectivity index (χ3n) is 1.78. The van der Waals surface area contributed by atoms with Crippen LogP contribution in [0.25, 0.3) is 0 Å². The number of aliphatic hydroxyl groups is 1. The highest BCUT2D eigenvalue weighted by Crippen LogP contribution is 2.19. The van der Waals surface area contributed by atoms with Gasteiger partial charge in [0, 0.05) is 18.4 Å². The van der Waals surface area contributed by atoms with E-state index in [0.29, 0.717) is 12.8 Å². The Labute approximate surface area is 82.9 Å². The number of aliphatic hydroxyl groups excluding tert-OH is 1. The van der Waals surface area contributed by atoms with Crippen LogP contribution in [0.15, 0.2) is 0 Å². The van der Waals surface area contributed by atoms with Crippen molar-refractivity contribution in [1.82, 2.24) is 0 Å². The number of rotatable bonds is 6. The van der Waals surface area contributed by atoms with Crippen LogP contribution in [0.2, 0.25) is 0 Å². The van der Waals surface area contributed by atoms with Crippen molar-refractivity contribution in [1.29, 1.82) is 0 Å². The van der Waals surface area contributed by atoms with Crippen LogP contribution >= 0.6 is 23.2 Å². The Morgan fingerprint density at radius 1 is 1.58 bits per heavy atom. The summed E-state index contributed by atoms with van der Waals surface area (Å²) in [6.45, 7) is 1.60. The van der Waals surface area contributed by atoms with Crippen LogP contribution < -0.4 is 0 Å². The first kappa shape index (κ1) is 12.2. The second-order valence-corrected chi connectivity index (χ2v) is 3.62. The molecule has 0 bridgehead atoms. The molecule has 0 aromatic heterocycles. The van der Waals surface area contributed by atoms with E-state index < -0.39 is 0 Å². The minimum Gasteiger partial charge on any atom is -0.396 e. The number of hydrogen-bond acceptors (Lipinski definition) is 2. The monoisotopic (exact) mass is 212 g/mol. The smallest absolute Gasteiger partial charge is 0.134 e. The first-order chi connectivity index (χ1) is 5.63. The Balaban J connectivity index is 3.94. The normalized spacial score (nSPS) is 15.7. The molecule has 0 amide bonds. The number of ketones is 1. The summed E-state index contributed by atoms with van der Waals surface area (Å²) >= 11 is 11.4. The van der Waals surface area contributed by atoms with E-state index in [0.717, 1.165) is 0 Å². The molecule has 0 saturated heterocycles. The summed E-state index contributed by atoms with van der Waals surface area (Å²) in [5.41, 5.74) is 0. The highest BCUT2D eigenvalue weighted by atomic mass is 35.5. The van der Waals surface area contributed by atoms with Crippen LogP contribution in [0.5, 0.6) is 0 Å². The molecule has 0 aliphatic carbocycles. The summed E-state index contributed by atoms with van der Waals surface area (Å²) in [4.78, 5) is 11.0. The summed E-state index contributed by atoms with van der Waals surface area (Å²) in [7, 11) is 0. The van der Waals surface area contributed by atoms with Crippen LogP contribution in [0.3, 0.4) is 0 Å². The molecule has 2 atom stereocenters. The Morgan fingerprint density at radius 3 is 2.50 bits per heavy atom. The van der Waals surface area contributed by atoms with Gasteiger partial charge in [-0.3, -0.25) is 4.79 Å². The average Bonchev–Trinajstić information content (AvgIpc) is 2.04. The molecule has 1 N–H and O–H groups in total. The molecule has 0 aliphatic heterocycles. The van der Waals surface area contributed by atoms with E-state index >= 15 is 0 Å². The van der Waals surface area contributed by atoms with Crippen LogP contribution in [-0.4, -0.2) is 28.8 Å². The van der Waals surface area contributed by atoms with Crippen molar-refractivity contribution in [2.45, 2.75) is 25.1 Å². The maximum absolute atomic E-state index is 11.0. The number of halogens is 2. The van der Waals surface area contributed by atoms with E-state index in [2.05, 4.69) is 0 Å². The molecule has 0 spiro atoms. The number of alkyl halides is 2. The SMILES string of the molecule is CC(=O)C(CCCO)C(Cl)CCl. The van der Waals surface area contributed by atoms with Gasteiger partial charge in [-0.15, -0.1) is 23.2 Å². The number of carbonyl (C=O) groups excluding carboxylic acids is 1. The third kappa shape index (κ3) is 4.29. The molecule has 0 radical (unpaired) electrons. The lowest BCUT2D eigenvalue weighted by atomic mass is 9.96. The van der Waals surface area contributed by atoms with Crippen molar-refractivity contribution in [3.05, 3.63) is 0 Å². The first-order valence-electron chi connectivity index (χ1n) is 3.94. The molecule has 0 heterocycles. The van der Waals surface area contributed by atoms with Gasteiger partial charge in [0.1, 0.15) is 5.78 Å². The summed E-state index contributed by atoms with van der Waals surface area (Å²) in [5.74, 6) is 0.109. The average molecular weight is 213 g/mol. The van der Waals surface area contributed by atoms with Crippen molar-refractivity contribution in [3.8, 4) is 0 Å². The molecule has 2 nitrogen and oxygen atoms in total. The van der Waals surface area contributed by atoms with Gasteiger partial charge in [-0.1, -0.05) is 0 Å². The van der Waals surface area contributed by atoms with Crippen LogP contribution in [0.1, 0.15) is 19.8 Å². The fraction of sp³-hybridized carbons (Fsp3) is 0.875. The summed E-state index contributed by atoms with van der Waals surface area (Å²) in [6, 6.07) is 0. The predicted molar refractivity (Wildman–Crippen MR) is 50.9 cm³/mol. The van der Waals surface area contributed by atoms with E-state index in [1.165, 1.54) is 6.92 Å². The van der Waals surface area contributed by atoms with Gasteiger partial charge < -0.3 is 5.11 Å². The molecule has 0 fully saturated rings. The Hall–Kier alpha value is 0.210. The lowest BCUT2D eigenvalue weighted by molar-refractivity contribution is -0.120. The van der Waals surface area contributed by atoms with Crippen molar-refractivity contribution >= 4 is 29.0 Å². The van der Waals surface area contributed by atoms with Gasteiger partial charge in [0.15, 0.2) is 0 Å². The zero-order valence-electron chi connectivity index (χ0n) is 7.09. The first-order valence-corrected chi connectivity index (χ1v) is 4.92. The fourth-order valence-electron chi connectivity index (χ4n) is 1.06. The van der Waals surface area contributed by atoms with Gasteiger partial charge in [-0.05, 0) is 19.8 Å². The number of Topliss-reactive ketones (excluding diaryl/α,β-unsaturated/α-hetero) is 1. The maximum Gasteiger partial charge on any atom is 0.134 e. The second-order valence-electron chi connectivity index (χ2n) is 2.75. The van der Waals surface area contributed by atoms with Gasteiger partial charge in [-0.2, -0.15) is 0 Å². The van der Waals surface area contributed by atoms with E-state index in [4.69, 9.17) is 28.3 Å². The van der Waals surface area contributed by atoms with Gasteiger partial charge in [0.2, 0.25) is 0 Å². The van der Waals surface area contributed by atoms with Gasteiger partial charge in [0.05, 0.1) is 5.38 Å². The second kappa shape index (κ2) is 6.70. The Bertz CT molecular complexity index is 139. The Kier molecular flexibility index (Phi) is 6.81. The van der Waals surface area contributed by atoms with E-state index in [1.807, 2.05) is 0 Å². The topological polar surface area (TPSA) is 37.3 Å². The zero-order chi connectivity index (χ0) is 9.56. The molecule has 4 heteroatoms. The van der Waals surface area contributed by atoms with E-state index in [9.17, 15) is 4.79 Å². The lowest BCUT2D eigenvalue weighted by Crippen LogP contribution is -2.24. The van der Waals surface area contributed by atoms with E-state index in [-0.39, 0.29) is 29.6 Å². The zero-order valence-corrected chi connectivity index (χ0v) is 8.61. The van der Waals surface area contributed by atoms with Crippen molar-refractivity contribution in [2.75, 3.05) is 12.5 Å². The fourth-order valence-corrected chi connectivity index (χ4v) is 1.58. The largest absolute Gasteiger partial charge is 0.396 e. The van der Waals surface area contributed by atoms with E-state index in [1.54, 1.807) is 0 Å². The molecule has 2 unspecified atom stereocenters. The molecule has 0 aromatic carbocycles. The maximum atomic E-state index is 11.0. The molecular formula is C8H14Cl2O2.